The molecule has 0 radical (unpaired) electrons. The van der Waals surface area contributed by atoms with Gasteiger partial charge in [0.15, 0.2) is 0 Å². The topological polar surface area (TPSA) is 72.2 Å². The molecule has 2 rings (SSSR count). The van der Waals surface area contributed by atoms with Crippen LogP contribution < -0.4 is 11.1 Å². The summed E-state index contributed by atoms with van der Waals surface area (Å²) in [5, 5.41) is 2.64. The third-order valence-corrected chi connectivity index (χ3v) is 3.96. The van der Waals surface area contributed by atoms with Crippen LogP contribution in [0, 0.1) is 9.39 Å². The third kappa shape index (κ3) is 5.63. The van der Waals surface area contributed by atoms with Crippen LogP contribution in [0.4, 0.5) is 4.39 Å². The first-order valence-corrected chi connectivity index (χ1v) is 8.09. The largest absolute Gasteiger partial charge is 0.368 e. The fraction of sp³-hybridized carbons (Fsp3) is 0.176. The van der Waals surface area contributed by atoms with Crippen molar-refractivity contribution in [3.8, 4) is 0 Å². The Morgan fingerprint density at radius 2 is 1.83 bits per heavy atom. The Hall–Kier alpha value is -1.96. The Labute approximate surface area is 147 Å². The molecule has 0 spiro atoms. The van der Waals surface area contributed by atoms with Crippen LogP contribution in [0.5, 0.6) is 0 Å². The van der Waals surface area contributed by atoms with Crippen molar-refractivity contribution >= 4 is 34.4 Å². The maximum Gasteiger partial charge on any atom is 0.240 e. The van der Waals surface area contributed by atoms with Gasteiger partial charge in [-0.1, -0.05) is 24.3 Å². The first-order chi connectivity index (χ1) is 10.9. The van der Waals surface area contributed by atoms with E-state index in [1.54, 1.807) is 0 Å². The first kappa shape index (κ1) is 17.4. The number of hydrogen-bond donors (Lipinski definition) is 2. The van der Waals surface area contributed by atoms with E-state index in [1.165, 1.54) is 24.3 Å². The van der Waals surface area contributed by atoms with E-state index in [9.17, 15) is 14.0 Å². The van der Waals surface area contributed by atoms with E-state index in [-0.39, 0.29) is 18.1 Å². The van der Waals surface area contributed by atoms with Crippen LogP contribution in [0.1, 0.15) is 11.1 Å². The van der Waals surface area contributed by atoms with Crippen LogP contribution in [-0.2, 0) is 22.4 Å². The van der Waals surface area contributed by atoms with E-state index in [2.05, 4.69) is 27.9 Å². The fourth-order valence-corrected chi connectivity index (χ4v) is 2.76. The Kier molecular flexibility index (Phi) is 6.09. The van der Waals surface area contributed by atoms with Crippen molar-refractivity contribution in [3.63, 3.8) is 0 Å². The van der Waals surface area contributed by atoms with Gasteiger partial charge in [-0.25, -0.2) is 4.39 Å². The number of nitrogens with one attached hydrogen (secondary N) is 1. The highest BCUT2D eigenvalue weighted by molar-refractivity contribution is 14.1. The highest BCUT2D eigenvalue weighted by Crippen LogP contribution is 2.10. The minimum atomic E-state index is -0.777. The molecule has 3 N–H and O–H groups in total. The minimum absolute atomic E-state index is 0.0659. The van der Waals surface area contributed by atoms with Gasteiger partial charge in [0.2, 0.25) is 11.8 Å². The fourth-order valence-electron chi connectivity index (χ4n) is 2.16. The first-order valence-electron chi connectivity index (χ1n) is 7.01. The normalized spacial score (nSPS) is 11.7. The summed E-state index contributed by atoms with van der Waals surface area (Å²) in [6.45, 7) is 0. The highest BCUT2D eigenvalue weighted by atomic mass is 127. The van der Waals surface area contributed by atoms with Crippen LogP contribution in [-0.4, -0.2) is 17.9 Å². The zero-order valence-corrected chi connectivity index (χ0v) is 14.4. The van der Waals surface area contributed by atoms with E-state index in [0.29, 0.717) is 12.0 Å². The second kappa shape index (κ2) is 8.05. The maximum absolute atomic E-state index is 12.9. The lowest BCUT2D eigenvalue weighted by Gasteiger charge is -2.16. The highest BCUT2D eigenvalue weighted by Gasteiger charge is 2.18. The van der Waals surface area contributed by atoms with E-state index < -0.39 is 11.9 Å². The molecule has 0 saturated heterocycles. The van der Waals surface area contributed by atoms with Gasteiger partial charge in [0, 0.05) is 9.99 Å². The van der Waals surface area contributed by atoms with Gasteiger partial charge in [-0.3, -0.25) is 9.59 Å². The molecule has 23 heavy (non-hydrogen) atoms. The van der Waals surface area contributed by atoms with Crippen LogP contribution in [0.15, 0.2) is 48.5 Å². The van der Waals surface area contributed by atoms with Crippen molar-refractivity contribution in [3.05, 3.63) is 69.0 Å². The molecule has 0 unspecified atom stereocenters. The molecule has 0 aliphatic heterocycles. The molecule has 2 amide bonds. The number of carbonyl (C=O) groups excluding carboxylic acids is 2. The number of halogens is 2. The van der Waals surface area contributed by atoms with E-state index >= 15 is 0 Å². The Morgan fingerprint density at radius 1 is 1.13 bits per heavy atom. The molecule has 4 nitrogen and oxygen atoms in total. The SMILES string of the molecule is NC(=O)[C@H](Cc1cccc(I)c1)NC(=O)Cc1ccc(F)cc1. The molecule has 0 saturated carbocycles. The monoisotopic (exact) mass is 426 g/mol. The lowest BCUT2D eigenvalue weighted by atomic mass is 10.0. The maximum atomic E-state index is 12.9. The van der Waals surface area contributed by atoms with Gasteiger partial charge < -0.3 is 11.1 Å². The molecule has 120 valence electrons. The Bertz CT molecular complexity index is 704. The summed E-state index contributed by atoms with van der Waals surface area (Å²) >= 11 is 2.18. The van der Waals surface area contributed by atoms with Crippen LogP contribution in [0.2, 0.25) is 0 Å². The van der Waals surface area contributed by atoms with Crippen molar-refractivity contribution in [1.82, 2.24) is 5.32 Å². The van der Waals surface area contributed by atoms with Crippen LogP contribution in [0.25, 0.3) is 0 Å². The standard InChI is InChI=1S/C17H16FIN2O2/c18-13-6-4-11(5-7-13)10-16(22)21-15(17(20)23)9-12-2-1-3-14(19)8-12/h1-8,15H,9-10H2,(H2,20,23)(H,21,22)/t15-/m0/s1. The predicted molar refractivity (Wildman–Crippen MR) is 94.1 cm³/mol. The molecular weight excluding hydrogens is 410 g/mol. The molecule has 0 bridgehead atoms. The molecular formula is C17H16FIN2O2. The number of rotatable bonds is 6. The van der Waals surface area contributed by atoms with Crippen molar-refractivity contribution < 1.29 is 14.0 Å². The van der Waals surface area contributed by atoms with Gasteiger partial charge in [0.1, 0.15) is 11.9 Å². The number of primary amides is 1. The van der Waals surface area contributed by atoms with Gasteiger partial charge in [-0.2, -0.15) is 0 Å². The molecule has 2 aromatic carbocycles. The molecule has 0 aliphatic rings. The Balaban J connectivity index is 1.99. The van der Waals surface area contributed by atoms with Crippen LogP contribution in [0.3, 0.4) is 0 Å². The third-order valence-electron chi connectivity index (χ3n) is 3.29. The summed E-state index contributed by atoms with van der Waals surface area (Å²) in [5.41, 5.74) is 6.97. The quantitative estimate of drug-likeness (QED) is 0.696. The van der Waals surface area contributed by atoms with E-state index in [4.69, 9.17) is 5.73 Å². The van der Waals surface area contributed by atoms with Gasteiger partial charge in [-0.15, -0.1) is 0 Å². The van der Waals surface area contributed by atoms with Crippen molar-refractivity contribution in [2.45, 2.75) is 18.9 Å². The molecule has 6 heteroatoms. The zero-order chi connectivity index (χ0) is 16.8. The lowest BCUT2D eigenvalue weighted by molar-refractivity contribution is -0.127. The van der Waals surface area contributed by atoms with Crippen LogP contribution >= 0.6 is 22.6 Å². The van der Waals surface area contributed by atoms with Gasteiger partial charge in [0.05, 0.1) is 6.42 Å². The predicted octanol–water partition coefficient (Wildman–Crippen LogP) is 2.19. The van der Waals surface area contributed by atoms with Crippen molar-refractivity contribution in [2.24, 2.45) is 5.73 Å². The summed E-state index contributed by atoms with van der Waals surface area (Å²) in [5.74, 6) is -1.27. The summed E-state index contributed by atoms with van der Waals surface area (Å²) in [7, 11) is 0. The van der Waals surface area contributed by atoms with E-state index in [0.717, 1.165) is 9.13 Å². The summed E-state index contributed by atoms with van der Waals surface area (Å²) < 4.78 is 13.9. The van der Waals surface area contributed by atoms with Crippen molar-refractivity contribution in [1.29, 1.82) is 0 Å². The average molecular weight is 426 g/mol. The van der Waals surface area contributed by atoms with E-state index in [1.807, 2.05) is 24.3 Å². The molecule has 0 aromatic heterocycles. The minimum Gasteiger partial charge on any atom is -0.368 e. The van der Waals surface area contributed by atoms with Crippen molar-refractivity contribution in [2.75, 3.05) is 0 Å². The second-order valence-electron chi connectivity index (χ2n) is 5.16. The second-order valence-corrected chi connectivity index (χ2v) is 6.41. The molecule has 1 atom stereocenters. The molecule has 0 fully saturated rings. The van der Waals surface area contributed by atoms with Gasteiger partial charge >= 0.3 is 0 Å². The smallest absolute Gasteiger partial charge is 0.240 e. The average Bonchev–Trinajstić information content (AvgIpc) is 2.49. The number of benzene rings is 2. The number of hydrogen-bond acceptors (Lipinski definition) is 2. The number of amides is 2. The lowest BCUT2D eigenvalue weighted by Crippen LogP contribution is -2.46. The summed E-state index contributed by atoms with van der Waals surface area (Å²) in [6.07, 6.45) is 0.401. The summed E-state index contributed by atoms with van der Waals surface area (Å²) in [6, 6.07) is 12.5. The molecule has 0 heterocycles. The van der Waals surface area contributed by atoms with Gasteiger partial charge in [0.25, 0.3) is 0 Å². The Morgan fingerprint density at radius 3 is 2.43 bits per heavy atom. The van der Waals surface area contributed by atoms with Gasteiger partial charge in [-0.05, 0) is 58.0 Å². The number of nitrogens with two attached hydrogens (primary N) is 1. The molecule has 2 aromatic rings. The number of carbonyl (C=O) groups is 2. The molecule has 0 aliphatic carbocycles. The zero-order valence-electron chi connectivity index (χ0n) is 12.3. The summed E-state index contributed by atoms with van der Waals surface area (Å²) in [4.78, 5) is 23.6.